The van der Waals surface area contributed by atoms with Crippen LogP contribution in [0.1, 0.15) is 23.3 Å². The highest BCUT2D eigenvalue weighted by Crippen LogP contribution is 2.28. The first kappa shape index (κ1) is 18.5. The Balaban J connectivity index is 1.61. The van der Waals surface area contributed by atoms with Crippen molar-refractivity contribution < 1.29 is 4.79 Å². The Morgan fingerprint density at radius 1 is 1.07 bits per heavy atom. The third-order valence-corrected chi connectivity index (χ3v) is 5.67. The van der Waals surface area contributed by atoms with Crippen LogP contribution in [0.2, 0.25) is 0 Å². The third kappa shape index (κ3) is 3.69. The van der Waals surface area contributed by atoms with Gasteiger partial charge in [0, 0.05) is 34.4 Å². The molecule has 0 saturated heterocycles. The van der Waals surface area contributed by atoms with Gasteiger partial charge in [-0.3, -0.25) is 14.6 Å². The van der Waals surface area contributed by atoms with Gasteiger partial charge in [0.1, 0.15) is 0 Å². The summed E-state index contributed by atoms with van der Waals surface area (Å²) in [5, 5.41) is 7.62. The fraction of sp³-hybridized carbons (Fsp3) is 0.136. The Morgan fingerprint density at radius 3 is 2.70 bits per heavy atom. The van der Waals surface area contributed by atoms with Gasteiger partial charge in [-0.2, -0.15) is 5.10 Å². The largest absolute Gasteiger partial charge is 0.348 e. The number of nitrogens with one attached hydrogen (secondary N) is 1. The summed E-state index contributed by atoms with van der Waals surface area (Å²) in [5.74, 6) is -0.442. The van der Waals surface area contributed by atoms with Gasteiger partial charge in [-0.05, 0) is 55.3 Å². The lowest BCUT2D eigenvalue weighted by Crippen LogP contribution is -2.33. The van der Waals surface area contributed by atoms with Gasteiger partial charge in [0.05, 0.1) is 11.1 Å². The van der Waals surface area contributed by atoms with E-state index in [2.05, 4.69) is 20.4 Å². The lowest BCUT2D eigenvalue weighted by Gasteiger charge is -2.12. The molecule has 1 amide bonds. The summed E-state index contributed by atoms with van der Waals surface area (Å²) >= 11 is 1.57. The minimum Gasteiger partial charge on any atom is -0.348 e. The molecule has 4 aromatic rings. The van der Waals surface area contributed by atoms with E-state index in [0.29, 0.717) is 16.7 Å². The summed E-state index contributed by atoms with van der Waals surface area (Å²) < 4.78 is 1.56. The number of aromatic nitrogens is 4. The van der Waals surface area contributed by atoms with Crippen LogP contribution in [0.4, 0.5) is 0 Å². The molecule has 8 heteroatoms. The highest BCUT2D eigenvalue weighted by Gasteiger charge is 2.27. The van der Waals surface area contributed by atoms with Crippen molar-refractivity contribution in [2.45, 2.75) is 28.7 Å². The van der Waals surface area contributed by atoms with E-state index in [-0.39, 0.29) is 11.7 Å². The van der Waals surface area contributed by atoms with Gasteiger partial charge in [-0.15, -0.1) is 0 Å². The number of fused-ring (bicyclic) bond motifs is 1. The first-order chi connectivity index (χ1) is 14.7. The molecule has 1 fully saturated rings. The van der Waals surface area contributed by atoms with Gasteiger partial charge in [0.15, 0.2) is 11.3 Å². The number of hydrogen-bond acceptors (Lipinski definition) is 6. The molecular formula is C22H17N5O2S. The molecule has 3 aromatic heterocycles. The molecule has 148 valence electrons. The van der Waals surface area contributed by atoms with Crippen LogP contribution < -0.4 is 10.7 Å². The topological polar surface area (TPSA) is 89.8 Å². The highest BCUT2D eigenvalue weighted by molar-refractivity contribution is 7.99. The normalized spacial score (nSPS) is 13.3. The number of amides is 1. The smallest absolute Gasteiger partial charge is 0.276 e. The molecule has 0 aliphatic heterocycles. The SMILES string of the molecule is O=C(NC1CC1)c1nn(-c2cccc(Sc3cccnc3)c2)c2ncccc2c1=O. The Labute approximate surface area is 176 Å². The molecule has 1 saturated carbocycles. The molecule has 0 unspecified atom stereocenters. The quantitative estimate of drug-likeness (QED) is 0.538. The summed E-state index contributed by atoms with van der Waals surface area (Å²) in [6.45, 7) is 0. The van der Waals surface area contributed by atoms with Crippen molar-refractivity contribution in [1.29, 1.82) is 0 Å². The van der Waals surface area contributed by atoms with Gasteiger partial charge in [0.2, 0.25) is 5.43 Å². The number of carbonyl (C=O) groups excluding carboxylic acids is 1. The van der Waals surface area contributed by atoms with E-state index in [9.17, 15) is 9.59 Å². The second-order valence-corrected chi connectivity index (χ2v) is 8.15. The predicted molar refractivity (Wildman–Crippen MR) is 114 cm³/mol. The average Bonchev–Trinajstić information content (AvgIpc) is 3.59. The summed E-state index contributed by atoms with van der Waals surface area (Å²) in [4.78, 5) is 36.0. The zero-order chi connectivity index (χ0) is 20.5. The summed E-state index contributed by atoms with van der Waals surface area (Å²) in [7, 11) is 0. The summed E-state index contributed by atoms with van der Waals surface area (Å²) in [6, 6.07) is 15.1. The van der Waals surface area contributed by atoms with Gasteiger partial charge in [-0.1, -0.05) is 17.8 Å². The molecule has 1 N–H and O–H groups in total. The van der Waals surface area contributed by atoms with E-state index >= 15 is 0 Å². The maximum Gasteiger partial charge on any atom is 0.276 e. The van der Waals surface area contributed by atoms with Crippen LogP contribution in [0.25, 0.3) is 16.7 Å². The zero-order valence-corrected chi connectivity index (χ0v) is 16.7. The monoisotopic (exact) mass is 415 g/mol. The number of rotatable bonds is 5. The van der Waals surface area contributed by atoms with E-state index < -0.39 is 11.3 Å². The number of carbonyl (C=O) groups is 1. The molecular weight excluding hydrogens is 398 g/mol. The first-order valence-electron chi connectivity index (χ1n) is 9.56. The van der Waals surface area contributed by atoms with E-state index in [0.717, 1.165) is 22.6 Å². The fourth-order valence-electron chi connectivity index (χ4n) is 3.10. The van der Waals surface area contributed by atoms with Gasteiger partial charge in [0.25, 0.3) is 5.91 Å². The van der Waals surface area contributed by atoms with Crippen LogP contribution in [-0.4, -0.2) is 31.7 Å². The number of pyridine rings is 2. The van der Waals surface area contributed by atoms with Crippen molar-refractivity contribution in [2.75, 3.05) is 0 Å². The summed E-state index contributed by atoms with van der Waals surface area (Å²) in [5.41, 5.74) is 0.600. The van der Waals surface area contributed by atoms with Crippen LogP contribution >= 0.6 is 11.8 Å². The molecule has 30 heavy (non-hydrogen) atoms. The van der Waals surface area contributed by atoms with Crippen molar-refractivity contribution in [1.82, 2.24) is 25.1 Å². The zero-order valence-electron chi connectivity index (χ0n) is 15.9. The van der Waals surface area contributed by atoms with Gasteiger partial charge >= 0.3 is 0 Å². The predicted octanol–water partition coefficient (Wildman–Crippen LogP) is 3.22. The highest BCUT2D eigenvalue weighted by atomic mass is 32.2. The number of benzene rings is 1. The maximum atomic E-state index is 12.9. The van der Waals surface area contributed by atoms with Crippen LogP contribution in [-0.2, 0) is 0 Å². The molecule has 5 rings (SSSR count). The standard InChI is InChI=1S/C22H17N5O2S/c28-20-18-7-3-11-24-21(18)27(26-19(20)22(29)25-14-8-9-14)15-4-1-5-16(12-15)30-17-6-2-10-23-13-17/h1-7,10-14H,8-9H2,(H,25,29). The minimum absolute atomic E-state index is 0.118. The van der Waals surface area contributed by atoms with Crippen molar-refractivity contribution >= 4 is 28.7 Å². The molecule has 0 bridgehead atoms. The number of hydrogen-bond donors (Lipinski definition) is 1. The van der Waals surface area contributed by atoms with Crippen molar-refractivity contribution in [3.05, 3.63) is 83.0 Å². The minimum atomic E-state index is -0.442. The van der Waals surface area contributed by atoms with Gasteiger partial charge in [-0.25, -0.2) is 9.67 Å². The van der Waals surface area contributed by atoms with Crippen LogP contribution in [0.3, 0.4) is 0 Å². The lowest BCUT2D eigenvalue weighted by atomic mass is 10.2. The van der Waals surface area contributed by atoms with Crippen LogP contribution in [0.5, 0.6) is 0 Å². The summed E-state index contributed by atoms with van der Waals surface area (Å²) in [6.07, 6.45) is 7.01. The van der Waals surface area contributed by atoms with E-state index in [1.54, 1.807) is 47.2 Å². The van der Waals surface area contributed by atoms with Gasteiger partial charge < -0.3 is 5.32 Å². The van der Waals surface area contributed by atoms with Crippen LogP contribution in [0.15, 0.2) is 81.7 Å². The van der Waals surface area contributed by atoms with Crippen molar-refractivity contribution in [3.8, 4) is 5.69 Å². The van der Waals surface area contributed by atoms with Crippen molar-refractivity contribution in [2.24, 2.45) is 0 Å². The fourth-order valence-corrected chi connectivity index (χ4v) is 3.95. The van der Waals surface area contributed by atoms with Crippen LogP contribution in [0, 0.1) is 0 Å². The Kier molecular flexibility index (Phi) is 4.76. The second kappa shape index (κ2) is 7.72. The Bertz CT molecular complexity index is 1300. The molecule has 0 radical (unpaired) electrons. The average molecular weight is 415 g/mol. The molecule has 1 aliphatic carbocycles. The third-order valence-electron chi connectivity index (χ3n) is 4.71. The molecule has 7 nitrogen and oxygen atoms in total. The van der Waals surface area contributed by atoms with E-state index in [1.165, 1.54) is 0 Å². The maximum absolute atomic E-state index is 12.9. The molecule has 1 aromatic carbocycles. The van der Waals surface area contributed by atoms with Crippen molar-refractivity contribution in [3.63, 3.8) is 0 Å². The van der Waals surface area contributed by atoms with E-state index in [1.807, 2.05) is 36.4 Å². The Hall–Kier alpha value is -3.52. The lowest BCUT2D eigenvalue weighted by molar-refractivity contribution is 0.0943. The van der Waals surface area contributed by atoms with E-state index in [4.69, 9.17) is 0 Å². The molecule has 0 atom stereocenters. The second-order valence-electron chi connectivity index (χ2n) is 7.00. The molecule has 0 spiro atoms. The Morgan fingerprint density at radius 2 is 1.90 bits per heavy atom. The molecule has 3 heterocycles. The molecule has 1 aliphatic rings. The number of nitrogens with zero attached hydrogens (tertiary/aromatic N) is 4. The first-order valence-corrected chi connectivity index (χ1v) is 10.4.